The highest BCUT2D eigenvalue weighted by molar-refractivity contribution is 7.92. The first kappa shape index (κ1) is 16.4. The van der Waals surface area contributed by atoms with Crippen LogP contribution in [0, 0.1) is 0 Å². The molecule has 10 heteroatoms. The van der Waals surface area contributed by atoms with Crippen molar-refractivity contribution < 1.29 is 16.8 Å². The number of sulfonamides is 1. The average molecular weight is 344 g/mol. The van der Waals surface area contributed by atoms with Crippen molar-refractivity contribution in [3.05, 3.63) is 30.9 Å². The van der Waals surface area contributed by atoms with Gasteiger partial charge < -0.3 is 4.57 Å². The lowest BCUT2D eigenvalue weighted by Gasteiger charge is -2.07. The van der Waals surface area contributed by atoms with Crippen molar-refractivity contribution >= 4 is 25.5 Å². The second-order valence-corrected chi connectivity index (χ2v) is 8.61. The lowest BCUT2D eigenvalue weighted by molar-refractivity contribution is 0.591. The highest BCUT2D eigenvalue weighted by Crippen LogP contribution is 2.17. The Balaban J connectivity index is 2.32. The van der Waals surface area contributed by atoms with E-state index in [1.807, 2.05) is 13.8 Å². The third-order valence-corrected chi connectivity index (χ3v) is 5.07. The quantitative estimate of drug-likeness (QED) is 0.868. The molecule has 0 amide bonds. The molecule has 2 heterocycles. The van der Waals surface area contributed by atoms with Crippen molar-refractivity contribution in [1.29, 1.82) is 0 Å². The minimum absolute atomic E-state index is 0.0780. The number of nitrogens with zero attached hydrogens (tertiary/aromatic N) is 3. The molecule has 0 unspecified atom stereocenters. The maximum absolute atomic E-state index is 12.2. The van der Waals surface area contributed by atoms with E-state index in [0.717, 1.165) is 12.3 Å². The first-order chi connectivity index (χ1) is 10.1. The molecule has 0 atom stereocenters. The lowest BCUT2D eigenvalue weighted by atomic mass is 10.4. The van der Waals surface area contributed by atoms with E-state index >= 15 is 0 Å². The summed E-state index contributed by atoms with van der Waals surface area (Å²) in [6.45, 7) is 3.79. The van der Waals surface area contributed by atoms with Crippen LogP contribution in [-0.2, 0) is 19.9 Å². The maximum atomic E-state index is 12.2. The van der Waals surface area contributed by atoms with Gasteiger partial charge in [-0.05, 0) is 26.0 Å². The number of rotatable bonds is 5. The van der Waals surface area contributed by atoms with Crippen LogP contribution < -0.4 is 4.72 Å². The van der Waals surface area contributed by atoms with Crippen LogP contribution in [0.1, 0.15) is 19.9 Å². The molecule has 1 N–H and O–H groups in total. The molecule has 0 fully saturated rings. The summed E-state index contributed by atoms with van der Waals surface area (Å²) >= 11 is 0. The molecule has 120 valence electrons. The van der Waals surface area contributed by atoms with Crippen LogP contribution in [0.4, 0.5) is 5.69 Å². The number of hydrogen-bond acceptors (Lipinski definition) is 6. The molecule has 2 aromatic rings. The van der Waals surface area contributed by atoms with Gasteiger partial charge in [0, 0.05) is 24.7 Å². The van der Waals surface area contributed by atoms with Crippen LogP contribution in [-0.4, -0.2) is 37.6 Å². The van der Waals surface area contributed by atoms with Crippen LogP contribution in [0.2, 0.25) is 0 Å². The van der Waals surface area contributed by atoms with Crippen molar-refractivity contribution in [2.24, 2.45) is 0 Å². The first-order valence-corrected chi connectivity index (χ1v) is 9.69. The Bertz CT molecular complexity index is 885. The smallest absolute Gasteiger partial charge is 0.280 e. The molecule has 2 rings (SSSR count). The van der Waals surface area contributed by atoms with Crippen molar-refractivity contribution in [1.82, 2.24) is 14.5 Å². The van der Waals surface area contributed by atoms with E-state index < -0.39 is 19.9 Å². The van der Waals surface area contributed by atoms with Crippen LogP contribution in [0.15, 0.2) is 40.9 Å². The Labute approximate surface area is 129 Å². The number of anilines is 1. The molecule has 0 aliphatic carbocycles. The van der Waals surface area contributed by atoms with Crippen molar-refractivity contribution in [3.63, 3.8) is 0 Å². The Morgan fingerprint density at radius 2 is 1.82 bits per heavy atom. The van der Waals surface area contributed by atoms with Gasteiger partial charge in [0.25, 0.3) is 10.0 Å². The maximum Gasteiger partial charge on any atom is 0.280 e. The molecule has 8 nitrogen and oxygen atoms in total. The number of hydrogen-bond donors (Lipinski definition) is 1. The Morgan fingerprint density at radius 1 is 1.14 bits per heavy atom. The number of sulfone groups is 1. The normalized spacial score (nSPS) is 12.5. The van der Waals surface area contributed by atoms with E-state index in [-0.39, 0.29) is 21.8 Å². The SMILES string of the molecule is CC(C)n1cnc(S(=O)(=O)Nc2ccnc(S(C)(=O)=O)c2)c1. The summed E-state index contributed by atoms with van der Waals surface area (Å²) in [7, 11) is -7.41. The average Bonchev–Trinajstić information content (AvgIpc) is 2.88. The molecule has 22 heavy (non-hydrogen) atoms. The molecule has 0 radical (unpaired) electrons. The molecule has 0 aliphatic rings. The van der Waals surface area contributed by atoms with Crippen LogP contribution in [0.25, 0.3) is 0 Å². The summed E-state index contributed by atoms with van der Waals surface area (Å²) in [6, 6.07) is 2.60. The van der Waals surface area contributed by atoms with E-state index in [1.54, 1.807) is 4.57 Å². The van der Waals surface area contributed by atoms with Gasteiger partial charge in [-0.15, -0.1) is 0 Å². The van der Waals surface area contributed by atoms with Gasteiger partial charge >= 0.3 is 0 Å². The van der Waals surface area contributed by atoms with E-state index in [0.29, 0.717) is 0 Å². The monoisotopic (exact) mass is 344 g/mol. The Morgan fingerprint density at radius 3 is 2.36 bits per heavy atom. The minimum atomic E-state index is -3.89. The predicted octanol–water partition coefficient (Wildman–Crippen LogP) is 1.06. The first-order valence-electron chi connectivity index (χ1n) is 6.32. The zero-order valence-corrected chi connectivity index (χ0v) is 13.9. The highest BCUT2D eigenvalue weighted by atomic mass is 32.2. The molecular formula is C12H16N4O4S2. The van der Waals surface area contributed by atoms with Crippen molar-refractivity contribution in [2.45, 2.75) is 29.9 Å². The third-order valence-electron chi connectivity index (χ3n) is 2.82. The fraction of sp³-hybridized carbons (Fsp3) is 0.333. The van der Waals surface area contributed by atoms with E-state index in [4.69, 9.17) is 0 Å². The van der Waals surface area contributed by atoms with E-state index in [1.165, 1.54) is 24.8 Å². The van der Waals surface area contributed by atoms with Crippen LogP contribution >= 0.6 is 0 Å². The summed E-state index contributed by atoms with van der Waals surface area (Å²) in [6.07, 6.45) is 5.05. The zero-order valence-electron chi connectivity index (χ0n) is 12.3. The van der Waals surface area contributed by atoms with Gasteiger partial charge in [-0.3, -0.25) is 4.72 Å². The van der Waals surface area contributed by atoms with Gasteiger partial charge in [0.2, 0.25) is 0 Å². The summed E-state index contributed by atoms with van der Waals surface area (Å²) in [5.41, 5.74) is 0.106. The predicted molar refractivity (Wildman–Crippen MR) is 80.8 cm³/mol. The molecule has 0 saturated heterocycles. The van der Waals surface area contributed by atoms with Crippen molar-refractivity contribution in [2.75, 3.05) is 11.0 Å². The molecule has 0 saturated carbocycles. The van der Waals surface area contributed by atoms with E-state index in [9.17, 15) is 16.8 Å². The van der Waals surface area contributed by atoms with Gasteiger partial charge in [-0.2, -0.15) is 8.42 Å². The molecule has 0 aromatic carbocycles. The second kappa shape index (κ2) is 5.69. The summed E-state index contributed by atoms with van der Waals surface area (Å²) in [5.74, 6) is 0. The van der Waals surface area contributed by atoms with Gasteiger partial charge in [-0.1, -0.05) is 0 Å². The van der Waals surface area contributed by atoms with Crippen LogP contribution in [0.3, 0.4) is 0 Å². The zero-order chi connectivity index (χ0) is 16.5. The third kappa shape index (κ3) is 3.63. The summed E-state index contributed by atoms with van der Waals surface area (Å²) in [5, 5.41) is -0.348. The molecule has 0 aliphatic heterocycles. The Hall–Kier alpha value is -1.94. The molecule has 2 aromatic heterocycles. The van der Waals surface area contributed by atoms with Gasteiger partial charge in [0.05, 0.1) is 12.0 Å². The minimum Gasteiger partial charge on any atom is -0.334 e. The number of pyridine rings is 1. The molecular weight excluding hydrogens is 328 g/mol. The molecule has 0 bridgehead atoms. The van der Waals surface area contributed by atoms with Gasteiger partial charge in [0.1, 0.15) is 0 Å². The lowest BCUT2D eigenvalue weighted by Crippen LogP contribution is -2.14. The second-order valence-electron chi connectivity index (χ2n) is 5.01. The summed E-state index contributed by atoms with van der Waals surface area (Å²) < 4.78 is 51.3. The standard InChI is InChI=1S/C12H16N4O4S2/c1-9(2)16-7-12(14-8-16)22(19,20)15-10-4-5-13-11(6-10)21(3,17)18/h4-9H,1-3H3,(H,13,15). The highest BCUT2D eigenvalue weighted by Gasteiger charge is 2.19. The van der Waals surface area contributed by atoms with Gasteiger partial charge in [-0.25, -0.2) is 18.4 Å². The topological polar surface area (TPSA) is 111 Å². The number of aromatic nitrogens is 3. The Kier molecular flexibility index (Phi) is 4.25. The summed E-state index contributed by atoms with van der Waals surface area (Å²) in [4.78, 5) is 7.55. The van der Waals surface area contributed by atoms with Gasteiger partial charge in [0.15, 0.2) is 19.9 Å². The molecule has 0 spiro atoms. The van der Waals surface area contributed by atoms with Crippen molar-refractivity contribution in [3.8, 4) is 0 Å². The largest absolute Gasteiger partial charge is 0.334 e. The number of nitrogens with one attached hydrogen (secondary N) is 1. The van der Waals surface area contributed by atoms with E-state index in [2.05, 4.69) is 14.7 Å². The van der Waals surface area contributed by atoms with Crippen LogP contribution in [0.5, 0.6) is 0 Å². The number of imidazole rings is 1. The fourth-order valence-electron chi connectivity index (χ4n) is 1.62. The fourth-order valence-corrected chi connectivity index (χ4v) is 3.20.